The third kappa shape index (κ3) is 3.22. The molecule has 0 bridgehead atoms. The van der Waals surface area contributed by atoms with Gasteiger partial charge in [-0.1, -0.05) is 60.7 Å². The van der Waals surface area contributed by atoms with E-state index in [0.29, 0.717) is 5.75 Å². The zero-order valence-electron chi connectivity index (χ0n) is 17.3. The second kappa shape index (κ2) is 7.67. The number of hydrogen-bond acceptors (Lipinski definition) is 3. The molecule has 5 heteroatoms. The second-order valence-electron chi connectivity index (χ2n) is 7.59. The molecule has 1 heterocycles. The minimum Gasteiger partial charge on any atom is -0.497 e. The van der Waals surface area contributed by atoms with Crippen molar-refractivity contribution < 1.29 is 14.3 Å². The number of nitrogens with zero attached hydrogens (tertiary/aromatic N) is 1. The molecule has 1 saturated heterocycles. The number of urea groups is 1. The van der Waals surface area contributed by atoms with Gasteiger partial charge >= 0.3 is 6.03 Å². The summed E-state index contributed by atoms with van der Waals surface area (Å²) in [6.07, 6.45) is 0. The molecule has 3 aromatic carbocycles. The molecule has 0 unspecified atom stereocenters. The van der Waals surface area contributed by atoms with Crippen molar-refractivity contribution in [1.29, 1.82) is 0 Å². The van der Waals surface area contributed by atoms with E-state index in [0.717, 1.165) is 27.8 Å². The fourth-order valence-electron chi connectivity index (χ4n) is 3.89. The van der Waals surface area contributed by atoms with Crippen molar-refractivity contribution in [3.63, 3.8) is 0 Å². The molecule has 3 amide bonds. The first kappa shape index (κ1) is 19.7. The number of rotatable bonds is 5. The normalized spacial score (nSPS) is 18.4. The lowest BCUT2D eigenvalue weighted by molar-refractivity contribution is -0.130. The summed E-state index contributed by atoms with van der Waals surface area (Å²) in [5.41, 5.74) is 3.25. The van der Waals surface area contributed by atoms with Crippen molar-refractivity contribution in [3.05, 3.63) is 101 Å². The number of ether oxygens (including phenoxy) is 1. The SMILES string of the molecule is COc1cccc(CN2C(=O)N[C@@](c3ccccc3)(c3ccc(C)c(C)c3)C2=O)c1. The Morgan fingerprint density at radius 3 is 2.33 bits per heavy atom. The highest BCUT2D eigenvalue weighted by atomic mass is 16.5. The average Bonchev–Trinajstić information content (AvgIpc) is 3.02. The molecule has 0 spiro atoms. The average molecular weight is 400 g/mol. The quantitative estimate of drug-likeness (QED) is 0.650. The number of methoxy groups -OCH3 is 1. The predicted molar refractivity (Wildman–Crippen MR) is 115 cm³/mol. The monoisotopic (exact) mass is 400 g/mol. The van der Waals surface area contributed by atoms with Crippen LogP contribution in [-0.4, -0.2) is 23.9 Å². The molecule has 1 aliphatic rings. The molecule has 1 N–H and O–H groups in total. The van der Waals surface area contributed by atoms with Crippen LogP contribution in [0.2, 0.25) is 0 Å². The highest BCUT2D eigenvalue weighted by molar-refractivity contribution is 6.09. The molecule has 0 saturated carbocycles. The summed E-state index contributed by atoms with van der Waals surface area (Å²) < 4.78 is 5.27. The summed E-state index contributed by atoms with van der Waals surface area (Å²) in [6.45, 7) is 4.20. The lowest BCUT2D eigenvalue weighted by atomic mass is 9.81. The Morgan fingerprint density at radius 1 is 0.867 bits per heavy atom. The molecule has 0 aromatic heterocycles. The van der Waals surface area contributed by atoms with Gasteiger partial charge in [-0.3, -0.25) is 9.69 Å². The van der Waals surface area contributed by atoms with E-state index >= 15 is 0 Å². The number of amides is 3. The number of aryl methyl sites for hydroxylation is 2. The van der Waals surface area contributed by atoms with Gasteiger partial charge in [0.1, 0.15) is 5.75 Å². The Bertz CT molecular complexity index is 1110. The second-order valence-corrected chi connectivity index (χ2v) is 7.59. The summed E-state index contributed by atoms with van der Waals surface area (Å²) in [7, 11) is 1.59. The van der Waals surface area contributed by atoms with Crippen LogP contribution in [0.1, 0.15) is 27.8 Å². The van der Waals surface area contributed by atoms with Crippen LogP contribution in [0.5, 0.6) is 5.75 Å². The molecule has 4 rings (SSSR count). The van der Waals surface area contributed by atoms with E-state index in [2.05, 4.69) is 5.32 Å². The summed E-state index contributed by atoms with van der Waals surface area (Å²) >= 11 is 0. The summed E-state index contributed by atoms with van der Waals surface area (Å²) in [4.78, 5) is 28.1. The zero-order valence-corrected chi connectivity index (χ0v) is 17.3. The van der Waals surface area contributed by atoms with Crippen molar-refractivity contribution >= 4 is 11.9 Å². The number of hydrogen-bond donors (Lipinski definition) is 1. The number of benzene rings is 3. The van der Waals surface area contributed by atoms with Gasteiger partial charge < -0.3 is 10.1 Å². The molecular weight excluding hydrogens is 376 g/mol. The van der Waals surface area contributed by atoms with Crippen LogP contribution in [0, 0.1) is 13.8 Å². The zero-order chi connectivity index (χ0) is 21.3. The smallest absolute Gasteiger partial charge is 0.325 e. The molecule has 1 atom stereocenters. The van der Waals surface area contributed by atoms with Gasteiger partial charge in [-0.25, -0.2) is 4.79 Å². The van der Waals surface area contributed by atoms with Gasteiger partial charge in [0.25, 0.3) is 5.91 Å². The van der Waals surface area contributed by atoms with Crippen molar-refractivity contribution in [2.24, 2.45) is 0 Å². The first-order chi connectivity index (χ1) is 14.5. The van der Waals surface area contributed by atoms with E-state index in [-0.39, 0.29) is 12.5 Å². The minimum atomic E-state index is -1.25. The van der Waals surface area contributed by atoms with Gasteiger partial charge in [0, 0.05) is 0 Å². The van der Waals surface area contributed by atoms with Crippen LogP contribution in [0.25, 0.3) is 0 Å². The summed E-state index contributed by atoms with van der Waals surface area (Å²) in [6, 6.07) is 22.3. The van der Waals surface area contributed by atoms with Gasteiger partial charge in [-0.05, 0) is 53.8 Å². The fourth-order valence-corrected chi connectivity index (χ4v) is 3.89. The highest BCUT2D eigenvalue weighted by Crippen LogP contribution is 2.37. The Balaban J connectivity index is 1.80. The number of nitrogens with one attached hydrogen (secondary N) is 1. The molecule has 0 radical (unpaired) electrons. The Kier molecular flexibility index (Phi) is 5.04. The Labute approximate surface area is 176 Å². The van der Waals surface area contributed by atoms with Gasteiger partial charge in [0.05, 0.1) is 13.7 Å². The first-order valence-corrected chi connectivity index (χ1v) is 9.86. The summed E-state index contributed by atoms with van der Waals surface area (Å²) in [5, 5.41) is 3.00. The van der Waals surface area contributed by atoms with E-state index in [1.165, 1.54) is 4.90 Å². The van der Waals surface area contributed by atoms with E-state index in [4.69, 9.17) is 4.74 Å². The maximum absolute atomic E-state index is 13.8. The fraction of sp³-hybridized carbons (Fsp3) is 0.200. The predicted octanol–water partition coefficient (Wildman–Crippen LogP) is 4.31. The van der Waals surface area contributed by atoms with Gasteiger partial charge in [-0.15, -0.1) is 0 Å². The molecule has 3 aromatic rings. The molecule has 152 valence electrons. The minimum absolute atomic E-state index is 0.168. The maximum atomic E-state index is 13.8. The lowest BCUT2D eigenvalue weighted by Gasteiger charge is -2.28. The highest BCUT2D eigenvalue weighted by Gasteiger charge is 2.53. The molecule has 1 fully saturated rings. The molecule has 30 heavy (non-hydrogen) atoms. The topological polar surface area (TPSA) is 58.6 Å². The van der Waals surface area contributed by atoms with Crippen LogP contribution in [0.15, 0.2) is 72.8 Å². The number of carbonyl (C=O) groups is 2. The first-order valence-electron chi connectivity index (χ1n) is 9.86. The van der Waals surface area contributed by atoms with Crippen LogP contribution < -0.4 is 10.1 Å². The van der Waals surface area contributed by atoms with Gasteiger partial charge in [-0.2, -0.15) is 0 Å². The largest absolute Gasteiger partial charge is 0.497 e. The lowest BCUT2D eigenvalue weighted by Crippen LogP contribution is -2.45. The van der Waals surface area contributed by atoms with Crippen LogP contribution >= 0.6 is 0 Å². The molecule has 5 nitrogen and oxygen atoms in total. The number of carbonyl (C=O) groups excluding carboxylic acids is 2. The number of imide groups is 1. The summed E-state index contributed by atoms with van der Waals surface area (Å²) in [5.74, 6) is 0.396. The van der Waals surface area contributed by atoms with Crippen LogP contribution in [-0.2, 0) is 16.9 Å². The van der Waals surface area contributed by atoms with E-state index in [1.807, 2.05) is 86.6 Å². The Morgan fingerprint density at radius 2 is 1.63 bits per heavy atom. The van der Waals surface area contributed by atoms with Gasteiger partial charge in [0.15, 0.2) is 5.54 Å². The van der Waals surface area contributed by atoms with Gasteiger partial charge in [0.2, 0.25) is 0 Å². The van der Waals surface area contributed by atoms with Crippen LogP contribution in [0.3, 0.4) is 0 Å². The standard InChI is InChI=1S/C25H24N2O3/c1-17-12-13-21(14-18(17)2)25(20-9-5-4-6-10-20)23(28)27(24(29)26-25)16-19-8-7-11-22(15-19)30-3/h4-15H,16H2,1-3H3,(H,26,29)/t25-/m0/s1. The molecular formula is C25H24N2O3. The molecule has 1 aliphatic heterocycles. The Hall–Kier alpha value is -3.60. The van der Waals surface area contributed by atoms with Crippen LogP contribution in [0.4, 0.5) is 4.79 Å². The van der Waals surface area contributed by atoms with Crippen molar-refractivity contribution in [2.75, 3.05) is 7.11 Å². The maximum Gasteiger partial charge on any atom is 0.325 e. The third-order valence-corrected chi connectivity index (χ3v) is 5.73. The van der Waals surface area contributed by atoms with Crippen molar-refractivity contribution in [3.8, 4) is 5.75 Å². The van der Waals surface area contributed by atoms with E-state index in [1.54, 1.807) is 7.11 Å². The third-order valence-electron chi connectivity index (χ3n) is 5.73. The van der Waals surface area contributed by atoms with E-state index < -0.39 is 11.6 Å². The molecule has 0 aliphatic carbocycles. The van der Waals surface area contributed by atoms with Crippen molar-refractivity contribution in [2.45, 2.75) is 25.9 Å². The van der Waals surface area contributed by atoms with E-state index in [9.17, 15) is 9.59 Å². The van der Waals surface area contributed by atoms with Crippen molar-refractivity contribution in [1.82, 2.24) is 10.2 Å².